The Morgan fingerprint density at radius 1 is 1.10 bits per heavy atom. The predicted molar refractivity (Wildman–Crippen MR) is 109 cm³/mol. The molecule has 7 heteroatoms. The lowest BCUT2D eigenvalue weighted by Gasteiger charge is -2.49. The van der Waals surface area contributed by atoms with Gasteiger partial charge in [-0.1, -0.05) is 18.2 Å². The Hall–Kier alpha value is -2.54. The maximum atomic E-state index is 14.8. The number of phenolic OH excluding ortho intramolecular Hbond substituents is 1. The van der Waals surface area contributed by atoms with E-state index in [-0.39, 0.29) is 18.2 Å². The van der Waals surface area contributed by atoms with E-state index in [4.69, 9.17) is 0 Å². The maximum absolute atomic E-state index is 14.8. The molecule has 0 aliphatic carbocycles. The highest BCUT2D eigenvalue weighted by Crippen LogP contribution is 2.45. The number of rotatable bonds is 4. The number of benzene rings is 1. The second-order valence-corrected chi connectivity index (χ2v) is 8.73. The Kier molecular flexibility index (Phi) is 5.49. The molecule has 2 aliphatic heterocycles. The van der Waals surface area contributed by atoms with E-state index < -0.39 is 17.8 Å². The van der Waals surface area contributed by atoms with Gasteiger partial charge in [-0.3, -0.25) is 14.7 Å². The van der Waals surface area contributed by atoms with Crippen LogP contribution in [0.4, 0.5) is 8.78 Å². The van der Waals surface area contributed by atoms with Crippen LogP contribution in [0.2, 0.25) is 0 Å². The molecule has 1 aromatic heterocycles. The van der Waals surface area contributed by atoms with Gasteiger partial charge < -0.3 is 10.0 Å². The van der Waals surface area contributed by atoms with Crippen LogP contribution in [0.3, 0.4) is 0 Å². The van der Waals surface area contributed by atoms with Gasteiger partial charge in [0.15, 0.2) is 0 Å². The molecule has 0 bridgehead atoms. The van der Waals surface area contributed by atoms with Gasteiger partial charge in [-0.05, 0) is 49.6 Å². The van der Waals surface area contributed by atoms with Gasteiger partial charge in [-0.2, -0.15) is 0 Å². The number of nitrogens with zero attached hydrogens (tertiary/aromatic N) is 3. The highest BCUT2D eigenvalue weighted by molar-refractivity contribution is 5.84. The zero-order chi connectivity index (χ0) is 21.4. The largest absolute Gasteiger partial charge is 0.508 e. The van der Waals surface area contributed by atoms with Crippen molar-refractivity contribution in [3.05, 3.63) is 59.4 Å². The number of aromatic nitrogens is 1. The molecule has 5 nitrogen and oxygen atoms in total. The second kappa shape index (κ2) is 7.95. The van der Waals surface area contributed by atoms with Crippen molar-refractivity contribution < 1.29 is 18.7 Å². The molecule has 2 fully saturated rings. The normalized spacial score (nSPS) is 24.4. The Labute approximate surface area is 175 Å². The number of piperidine rings is 2. The van der Waals surface area contributed by atoms with Crippen LogP contribution >= 0.6 is 0 Å². The highest BCUT2D eigenvalue weighted by Gasteiger charge is 2.55. The molecule has 1 aromatic carbocycles. The highest BCUT2D eigenvalue weighted by atomic mass is 19.3. The summed E-state index contributed by atoms with van der Waals surface area (Å²) < 4.78 is 29.5. The summed E-state index contributed by atoms with van der Waals surface area (Å²) in [5, 5.41) is 9.46. The van der Waals surface area contributed by atoms with Crippen molar-refractivity contribution in [1.29, 1.82) is 0 Å². The molecular weight excluding hydrogens is 388 g/mol. The minimum absolute atomic E-state index is 0.141. The lowest BCUT2D eigenvalue weighted by molar-refractivity contribution is -0.170. The average molecular weight is 415 g/mol. The average Bonchev–Trinajstić information content (AvgIpc) is 2.66. The van der Waals surface area contributed by atoms with Gasteiger partial charge in [0.2, 0.25) is 5.91 Å². The van der Waals surface area contributed by atoms with Crippen LogP contribution in [0.15, 0.2) is 42.5 Å². The fourth-order valence-corrected chi connectivity index (χ4v) is 4.89. The van der Waals surface area contributed by atoms with Crippen LogP contribution in [-0.4, -0.2) is 51.4 Å². The van der Waals surface area contributed by atoms with Crippen LogP contribution < -0.4 is 0 Å². The van der Waals surface area contributed by atoms with E-state index in [1.54, 1.807) is 34.1 Å². The lowest BCUT2D eigenvalue weighted by atomic mass is 9.71. The number of carbonyl (C=O) groups excluding carboxylic acids is 1. The van der Waals surface area contributed by atoms with Crippen LogP contribution in [0.25, 0.3) is 0 Å². The molecule has 0 saturated carbocycles. The number of carbonyl (C=O) groups is 1. The van der Waals surface area contributed by atoms with E-state index in [1.807, 2.05) is 25.1 Å². The standard InChI is InChI=1S/C23H27F2N3O2/c1-17-4-2-5-19(26-17)13-28-11-3-10-22(21(28)30)14-23(24,25)16-27(15-22)12-18-6-8-20(29)9-7-18/h2,4-9,29H,3,10-16H2,1H3. The number of hydrogen-bond acceptors (Lipinski definition) is 4. The number of alkyl halides is 2. The van der Waals surface area contributed by atoms with Crippen molar-refractivity contribution in [1.82, 2.24) is 14.8 Å². The van der Waals surface area contributed by atoms with Crippen molar-refractivity contribution in [3.8, 4) is 5.75 Å². The van der Waals surface area contributed by atoms with Crippen molar-refractivity contribution in [2.75, 3.05) is 19.6 Å². The molecule has 2 aromatic rings. The van der Waals surface area contributed by atoms with Crippen molar-refractivity contribution in [3.63, 3.8) is 0 Å². The molecule has 1 atom stereocenters. The van der Waals surface area contributed by atoms with Crippen molar-refractivity contribution in [2.45, 2.75) is 45.2 Å². The summed E-state index contributed by atoms with van der Waals surface area (Å²) in [5.41, 5.74) is 1.42. The summed E-state index contributed by atoms with van der Waals surface area (Å²) in [4.78, 5) is 21.3. The van der Waals surface area contributed by atoms with Gasteiger partial charge in [-0.15, -0.1) is 0 Å². The Balaban J connectivity index is 1.54. The molecule has 30 heavy (non-hydrogen) atoms. The molecule has 1 unspecified atom stereocenters. The molecule has 2 saturated heterocycles. The molecule has 0 radical (unpaired) electrons. The summed E-state index contributed by atoms with van der Waals surface area (Å²) in [6.07, 6.45) is 0.786. The molecule has 160 valence electrons. The van der Waals surface area contributed by atoms with Gasteiger partial charge in [0.1, 0.15) is 5.75 Å². The molecule has 1 spiro atoms. The topological polar surface area (TPSA) is 56.7 Å². The number of halogens is 2. The van der Waals surface area contributed by atoms with E-state index in [9.17, 15) is 18.7 Å². The molecule has 3 heterocycles. The monoisotopic (exact) mass is 415 g/mol. The predicted octanol–water partition coefficient (Wildman–Crippen LogP) is 3.75. The SMILES string of the molecule is Cc1cccc(CN2CCCC3(CN(Cc4ccc(O)cc4)CC(F)(F)C3)C2=O)n1. The van der Waals surface area contributed by atoms with Crippen molar-refractivity contribution in [2.24, 2.45) is 5.41 Å². The molecule has 1 N–H and O–H groups in total. The number of aryl methyl sites for hydroxylation is 1. The Morgan fingerprint density at radius 2 is 1.87 bits per heavy atom. The maximum Gasteiger partial charge on any atom is 0.261 e. The van der Waals surface area contributed by atoms with Crippen LogP contribution in [0.1, 0.15) is 36.2 Å². The summed E-state index contributed by atoms with van der Waals surface area (Å²) in [5.74, 6) is -2.97. The summed E-state index contributed by atoms with van der Waals surface area (Å²) in [7, 11) is 0. The number of likely N-dealkylation sites (tertiary alicyclic amines) is 2. The number of pyridine rings is 1. The third-order valence-electron chi connectivity index (χ3n) is 6.04. The fourth-order valence-electron chi connectivity index (χ4n) is 4.89. The second-order valence-electron chi connectivity index (χ2n) is 8.73. The number of hydrogen-bond donors (Lipinski definition) is 1. The van der Waals surface area contributed by atoms with E-state index >= 15 is 0 Å². The van der Waals surface area contributed by atoms with Gasteiger partial charge in [0.25, 0.3) is 5.92 Å². The first-order valence-corrected chi connectivity index (χ1v) is 10.3. The minimum atomic E-state index is -2.92. The Bertz CT molecular complexity index is 919. The molecule has 1 amide bonds. The first-order chi connectivity index (χ1) is 14.2. The third-order valence-corrected chi connectivity index (χ3v) is 6.04. The smallest absolute Gasteiger partial charge is 0.261 e. The van der Waals surface area contributed by atoms with Gasteiger partial charge in [-0.25, -0.2) is 8.78 Å². The number of phenols is 1. The van der Waals surface area contributed by atoms with E-state index in [0.717, 1.165) is 17.0 Å². The van der Waals surface area contributed by atoms with Crippen LogP contribution in [0, 0.1) is 12.3 Å². The first kappa shape index (κ1) is 20.7. The third kappa shape index (κ3) is 4.46. The first-order valence-electron chi connectivity index (χ1n) is 10.3. The van der Waals surface area contributed by atoms with Crippen LogP contribution in [0.5, 0.6) is 5.75 Å². The van der Waals surface area contributed by atoms with Crippen molar-refractivity contribution >= 4 is 5.91 Å². The van der Waals surface area contributed by atoms with Crippen LogP contribution in [-0.2, 0) is 17.9 Å². The quantitative estimate of drug-likeness (QED) is 0.827. The molecular formula is C23H27F2N3O2. The van der Waals surface area contributed by atoms with E-state index in [0.29, 0.717) is 39.0 Å². The summed E-state index contributed by atoms with van der Waals surface area (Å²) in [6.45, 7) is 3.10. The zero-order valence-corrected chi connectivity index (χ0v) is 17.2. The lowest BCUT2D eigenvalue weighted by Crippen LogP contribution is -2.60. The summed E-state index contributed by atoms with van der Waals surface area (Å²) >= 11 is 0. The Morgan fingerprint density at radius 3 is 2.60 bits per heavy atom. The number of aromatic hydroxyl groups is 1. The van der Waals surface area contributed by atoms with E-state index in [1.165, 1.54) is 0 Å². The van der Waals surface area contributed by atoms with Gasteiger partial charge >= 0.3 is 0 Å². The van der Waals surface area contributed by atoms with E-state index in [2.05, 4.69) is 4.98 Å². The van der Waals surface area contributed by atoms with Gasteiger partial charge in [0, 0.05) is 31.7 Å². The summed E-state index contributed by atoms with van der Waals surface area (Å²) in [6, 6.07) is 12.2. The number of amides is 1. The molecule has 4 rings (SSSR count). The zero-order valence-electron chi connectivity index (χ0n) is 17.2. The molecule has 2 aliphatic rings. The fraction of sp³-hybridized carbons (Fsp3) is 0.478. The minimum Gasteiger partial charge on any atom is -0.508 e. The van der Waals surface area contributed by atoms with Gasteiger partial charge in [0.05, 0.1) is 24.2 Å².